The molecule has 0 atom stereocenters. The maximum Gasteiger partial charge on any atom is 0.244 e. The number of hydrogen-bond donors (Lipinski definition) is 1. The van der Waals surface area contributed by atoms with E-state index >= 15 is 0 Å². The molecule has 0 fully saturated rings. The fourth-order valence-corrected chi connectivity index (χ4v) is 2.56. The van der Waals surface area contributed by atoms with Crippen molar-refractivity contribution in [1.29, 1.82) is 0 Å². The van der Waals surface area contributed by atoms with Crippen LogP contribution in [0.15, 0.2) is 66.9 Å². The predicted octanol–water partition coefficient (Wildman–Crippen LogP) is 4.10. The van der Waals surface area contributed by atoms with Gasteiger partial charge in [0.15, 0.2) is 0 Å². The van der Waals surface area contributed by atoms with Crippen LogP contribution >= 0.6 is 11.6 Å². The number of para-hydroxylation sites is 1. The van der Waals surface area contributed by atoms with Crippen molar-refractivity contribution in [2.75, 3.05) is 13.2 Å². The number of aromatic nitrogens is 1. The third kappa shape index (κ3) is 4.58. The molecular weight excluding hydrogens is 336 g/mol. The lowest BCUT2D eigenvalue weighted by Crippen LogP contribution is -2.26. The molecule has 126 valence electrons. The van der Waals surface area contributed by atoms with Crippen LogP contribution in [0.3, 0.4) is 0 Å². The summed E-state index contributed by atoms with van der Waals surface area (Å²) in [5.41, 5.74) is 1.62. The monoisotopic (exact) mass is 352 g/mol. The fourth-order valence-electron chi connectivity index (χ4n) is 2.36. The Kier molecular flexibility index (Phi) is 5.65. The summed E-state index contributed by atoms with van der Waals surface area (Å²) in [6.07, 6.45) is 4.88. The molecule has 0 aliphatic rings. The fraction of sp³-hybridized carbons (Fsp3) is 0.100. The number of benzene rings is 2. The minimum absolute atomic E-state index is 0.195. The Labute approximate surface area is 151 Å². The first-order valence-electron chi connectivity index (χ1n) is 7.91. The Balaban J connectivity index is 1.50. The number of pyridine rings is 1. The molecule has 0 aliphatic heterocycles. The van der Waals surface area contributed by atoms with Gasteiger partial charge in [-0.1, -0.05) is 48.0 Å². The second-order valence-electron chi connectivity index (χ2n) is 5.33. The highest BCUT2D eigenvalue weighted by molar-refractivity contribution is 6.32. The first-order chi connectivity index (χ1) is 12.2. The lowest BCUT2D eigenvalue weighted by molar-refractivity contribution is -0.116. The van der Waals surface area contributed by atoms with Gasteiger partial charge in [-0.25, -0.2) is 0 Å². The molecule has 0 saturated heterocycles. The molecule has 0 unspecified atom stereocenters. The second kappa shape index (κ2) is 8.31. The van der Waals surface area contributed by atoms with Crippen LogP contribution in [0.5, 0.6) is 5.75 Å². The van der Waals surface area contributed by atoms with E-state index in [1.165, 1.54) is 6.08 Å². The highest BCUT2D eigenvalue weighted by Crippen LogP contribution is 2.22. The summed E-state index contributed by atoms with van der Waals surface area (Å²) in [7, 11) is 0. The van der Waals surface area contributed by atoms with Crippen molar-refractivity contribution in [3.8, 4) is 5.75 Å². The van der Waals surface area contributed by atoms with Crippen molar-refractivity contribution in [3.63, 3.8) is 0 Å². The molecule has 1 heterocycles. The number of nitrogens with one attached hydrogen (secondary N) is 1. The van der Waals surface area contributed by atoms with E-state index in [-0.39, 0.29) is 5.91 Å². The van der Waals surface area contributed by atoms with Crippen LogP contribution in [0.4, 0.5) is 0 Å². The van der Waals surface area contributed by atoms with Gasteiger partial charge < -0.3 is 10.1 Å². The summed E-state index contributed by atoms with van der Waals surface area (Å²) in [6.45, 7) is 0.760. The topological polar surface area (TPSA) is 51.2 Å². The van der Waals surface area contributed by atoms with Gasteiger partial charge >= 0.3 is 0 Å². The Hall–Kier alpha value is -2.85. The molecule has 0 saturated carbocycles. The van der Waals surface area contributed by atoms with Gasteiger partial charge in [0.25, 0.3) is 0 Å². The number of amides is 1. The van der Waals surface area contributed by atoms with E-state index in [4.69, 9.17) is 16.3 Å². The number of ether oxygens (including phenoxy) is 1. The third-order valence-electron chi connectivity index (χ3n) is 3.57. The number of carbonyl (C=O) groups excluding carboxylic acids is 1. The average Bonchev–Trinajstić information content (AvgIpc) is 2.64. The number of nitrogens with zero attached hydrogens (tertiary/aromatic N) is 1. The van der Waals surface area contributed by atoms with E-state index in [0.29, 0.717) is 23.9 Å². The molecule has 5 heteroatoms. The van der Waals surface area contributed by atoms with Crippen LogP contribution in [0.2, 0.25) is 5.02 Å². The van der Waals surface area contributed by atoms with Crippen LogP contribution in [0, 0.1) is 0 Å². The number of fused-ring (bicyclic) bond motifs is 1. The number of carbonyl (C=O) groups is 1. The van der Waals surface area contributed by atoms with E-state index in [1.807, 2.05) is 48.5 Å². The first kappa shape index (κ1) is 17.0. The summed E-state index contributed by atoms with van der Waals surface area (Å²) in [5, 5.41) is 4.41. The Morgan fingerprint density at radius 3 is 2.84 bits per heavy atom. The molecule has 4 nitrogen and oxygen atoms in total. The molecule has 1 aromatic heterocycles. The van der Waals surface area contributed by atoms with Gasteiger partial charge in [0, 0.05) is 22.7 Å². The molecule has 1 N–H and O–H groups in total. The van der Waals surface area contributed by atoms with Crippen LogP contribution < -0.4 is 10.1 Å². The minimum atomic E-state index is -0.195. The molecule has 0 radical (unpaired) electrons. The van der Waals surface area contributed by atoms with E-state index in [2.05, 4.69) is 10.3 Å². The molecule has 1 amide bonds. The highest BCUT2D eigenvalue weighted by atomic mass is 35.5. The number of halogens is 1. The molecule has 0 spiro atoms. The lowest BCUT2D eigenvalue weighted by atomic mass is 10.2. The van der Waals surface area contributed by atoms with E-state index in [9.17, 15) is 4.79 Å². The molecule has 3 aromatic rings. The first-order valence-corrected chi connectivity index (χ1v) is 8.29. The van der Waals surface area contributed by atoms with E-state index in [0.717, 1.165) is 16.5 Å². The quantitative estimate of drug-likeness (QED) is 0.537. The maximum absolute atomic E-state index is 11.8. The maximum atomic E-state index is 11.8. The third-order valence-corrected chi connectivity index (χ3v) is 3.92. The van der Waals surface area contributed by atoms with Crippen LogP contribution in [-0.4, -0.2) is 24.0 Å². The van der Waals surface area contributed by atoms with Crippen LogP contribution in [-0.2, 0) is 4.79 Å². The van der Waals surface area contributed by atoms with Crippen LogP contribution in [0.1, 0.15) is 5.56 Å². The van der Waals surface area contributed by atoms with Crippen molar-refractivity contribution in [2.45, 2.75) is 0 Å². The summed E-state index contributed by atoms with van der Waals surface area (Å²) in [6, 6.07) is 17.0. The summed E-state index contributed by atoms with van der Waals surface area (Å²) < 4.78 is 5.73. The average molecular weight is 353 g/mol. The van der Waals surface area contributed by atoms with Crippen molar-refractivity contribution in [1.82, 2.24) is 10.3 Å². The van der Waals surface area contributed by atoms with Gasteiger partial charge in [-0.3, -0.25) is 9.78 Å². The van der Waals surface area contributed by atoms with Crippen molar-refractivity contribution in [3.05, 3.63) is 77.5 Å². The zero-order valence-corrected chi connectivity index (χ0v) is 14.2. The zero-order chi connectivity index (χ0) is 17.5. The van der Waals surface area contributed by atoms with Crippen LogP contribution in [0.25, 0.3) is 17.0 Å². The zero-order valence-electron chi connectivity index (χ0n) is 13.5. The molecule has 0 aliphatic carbocycles. The van der Waals surface area contributed by atoms with Gasteiger partial charge in [-0.15, -0.1) is 0 Å². The summed E-state index contributed by atoms with van der Waals surface area (Å²) >= 11 is 6.04. The van der Waals surface area contributed by atoms with E-state index in [1.54, 1.807) is 18.3 Å². The molecular formula is C20H17ClN2O2. The lowest BCUT2D eigenvalue weighted by Gasteiger charge is -2.08. The molecule has 25 heavy (non-hydrogen) atoms. The standard InChI is InChI=1S/C20H17ClN2O2/c21-17-8-2-1-5-15(17)10-11-19(24)22-13-14-25-18-9-3-6-16-7-4-12-23-20(16)18/h1-12H,13-14H2,(H,22,24). The summed E-state index contributed by atoms with van der Waals surface area (Å²) in [4.78, 5) is 16.2. The molecule has 0 bridgehead atoms. The van der Waals surface area contributed by atoms with Crippen molar-refractivity contribution < 1.29 is 9.53 Å². The van der Waals surface area contributed by atoms with Gasteiger partial charge in [0.05, 0.1) is 6.54 Å². The molecule has 2 aromatic carbocycles. The smallest absolute Gasteiger partial charge is 0.244 e. The van der Waals surface area contributed by atoms with Crippen molar-refractivity contribution >= 4 is 34.5 Å². The van der Waals surface area contributed by atoms with Crippen molar-refractivity contribution in [2.24, 2.45) is 0 Å². The Morgan fingerprint density at radius 1 is 1.12 bits per heavy atom. The second-order valence-corrected chi connectivity index (χ2v) is 5.73. The Morgan fingerprint density at radius 2 is 1.96 bits per heavy atom. The summed E-state index contributed by atoms with van der Waals surface area (Å²) in [5.74, 6) is 0.513. The van der Waals surface area contributed by atoms with Gasteiger partial charge in [-0.2, -0.15) is 0 Å². The Bertz CT molecular complexity index is 904. The van der Waals surface area contributed by atoms with Gasteiger partial charge in [0.1, 0.15) is 17.9 Å². The molecule has 3 rings (SSSR count). The van der Waals surface area contributed by atoms with E-state index < -0.39 is 0 Å². The minimum Gasteiger partial charge on any atom is -0.489 e. The SMILES string of the molecule is O=C(C=Cc1ccccc1Cl)NCCOc1cccc2cccnc12. The number of hydrogen-bond acceptors (Lipinski definition) is 3. The largest absolute Gasteiger partial charge is 0.489 e. The number of rotatable bonds is 6. The van der Waals surface area contributed by atoms with Gasteiger partial charge in [0.2, 0.25) is 5.91 Å². The predicted molar refractivity (Wildman–Crippen MR) is 101 cm³/mol. The van der Waals surface area contributed by atoms with Gasteiger partial charge in [-0.05, 0) is 29.8 Å². The highest BCUT2D eigenvalue weighted by Gasteiger charge is 2.03. The normalized spacial score (nSPS) is 10.9.